The lowest BCUT2D eigenvalue weighted by atomic mass is 9.73. The van der Waals surface area contributed by atoms with E-state index in [1.54, 1.807) is 12.1 Å². The lowest BCUT2D eigenvalue weighted by Gasteiger charge is -2.34. The van der Waals surface area contributed by atoms with Gasteiger partial charge in [-0.3, -0.25) is 0 Å². The monoisotopic (exact) mass is 223 g/mol. The lowest BCUT2D eigenvalue weighted by Crippen LogP contribution is -2.41. The van der Waals surface area contributed by atoms with Crippen LogP contribution in [-0.2, 0) is 6.42 Å². The Kier molecular flexibility index (Phi) is 4.33. The Bertz CT molecular complexity index is 315. The van der Waals surface area contributed by atoms with Crippen molar-refractivity contribution >= 4 is 0 Å². The number of hydrogen-bond acceptors (Lipinski definition) is 3. The summed E-state index contributed by atoms with van der Waals surface area (Å²) in [6, 6.07) is 7.07. The molecule has 0 bridgehead atoms. The Morgan fingerprint density at radius 2 is 1.81 bits per heavy atom. The number of phenols is 1. The van der Waals surface area contributed by atoms with Crippen LogP contribution in [0, 0.1) is 11.3 Å². The standard InChI is InChI=1S/C13H21NO2/c1-10(2)13(8-14,9-15)7-11-3-5-12(16)6-4-11/h3-6,10,15-16H,7-9,14H2,1-2H3. The van der Waals surface area contributed by atoms with Gasteiger partial charge in [0.15, 0.2) is 0 Å². The van der Waals surface area contributed by atoms with Crippen molar-refractivity contribution in [3.63, 3.8) is 0 Å². The summed E-state index contributed by atoms with van der Waals surface area (Å²) in [6.07, 6.45) is 0.734. The topological polar surface area (TPSA) is 66.5 Å². The number of phenolic OH excluding ortho intramolecular Hbond substituents is 1. The number of aromatic hydroxyl groups is 1. The zero-order chi connectivity index (χ0) is 12.2. The van der Waals surface area contributed by atoms with E-state index in [1.807, 2.05) is 12.1 Å². The van der Waals surface area contributed by atoms with E-state index in [0.717, 1.165) is 12.0 Å². The van der Waals surface area contributed by atoms with Crippen LogP contribution in [-0.4, -0.2) is 23.4 Å². The molecule has 16 heavy (non-hydrogen) atoms. The molecule has 4 N–H and O–H groups in total. The van der Waals surface area contributed by atoms with E-state index in [0.29, 0.717) is 12.5 Å². The lowest BCUT2D eigenvalue weighted by molar-refractivity contribution is 0.0843. The first-order chi connectivity index (χ1) is 7.54. The smallest absolute Gasteiger partial charge is 0.115 e. The Morgan fingerprint density at radius 3 is 2.19 bits per heavy atom. The molecular weight excluding hydrogens is 202 g/mol. The number of aliphatic hydroxyl groups is 1. The van der Waals surface area contributed by atoms with Gasteiger partial charge >= 0.3 is 0 Å². The summed E-state index contributed by atoms with van der Waals surface area (Å²) in [7, 11) is 0. The number of aliphatic hydroxyl groups excluding tert-OH is 1. The zero-order valence-corrected chi connectivity index (χ0v) is 9.98. The largest absolute Gasteiger partial charge is 0.508 e. The Hall–Kier alpha value is -1.06. The average molecular weight is 223 g/mol. The first-order valence-corrected chi connectivity index (χ1v) is 5.63. The molecule has 90 valence electrons. The van der Waals surface area contributed by atoms with Crippen LogP contribution in [0.2, 0.25) is 0 Å². The van der Waals surface area contributed by atoms with Crippen LogP contribution >= 0.6 is 0 Å². The molecule has 1 aromatic rings. The Morgan fingerprint density at radius 1 is 1.25 bits per heavy atom. The van der Waals surface area contributed by atoms with Crippen molar-refractivity contribution < 1.29 is 10.2 Å². The molecular formula is C13H21NO2. The van der Waals surface area contributed by atoms with E-state index in [4.69, 9.17) is 5.73 Å². The van der Waals surface area contributed by atoms with Crippen LogP contribution in [0.25, 0.3) is 0 Å². The fraction of sp³-hybridized carbons (Fsp3) is 0.538. The molecule has 1 rings (SSSR count). The normalized spacial score (nSPS) is 15.1. The molecule has 1 unspecified atom stereocenters. The fourth-order valence-corrected chi connectivity index (χ4v) is 1.84. The van der Waals surface area contributed by atoms with Gasteiger partial charge in [-0.25, -0.2) is 0 Å². The van der Waals surface area contributed by atoms with Crippen LogP contribution in [0.5, 0.6) is 5.75 Å². The van der Waals surface area contributed by atoms with Crippen LogP contribution in [0.4, 0.5) is 0 Å². The predicted molar refractivity (Wildman–Crippen MR) is 65.2 cm³/mol. The van der Waals surface area contributed by atoms with Crippen molar-refractivity contribution in [1.29, 1.82) is 0 Å². The van der Waals surface area contributed by atoms with Gasteiger partial charge in [0.1, 0.15) is 5.75 Å². The minimum atomic E-state index is -0.267. The molecule has 1 aromatic carbocycles. The van der Waals surface area contributed by atoms with E-state index in [2.05, 4.69) is 13.8 Å². The summed E-state index contributed by atoms with van der Waals surface area (Å²) in [6.45, 7) is 4.69. The molecule has 3 nitrogen and oxygen atoms in total. The molecule has 3 heteroatoms. The second kappa shape index (κ2) is 5.32. The number of benzene rings is 1. The van der Waals surface area contributed by atoms with Gasteiger partial charge in [-0.15, -0.1) is 0 Å². The van der Waals surface area contributed by atoms with Crippen LogP contribution in [0.3, 0.4) is 0 Å². The van der Waals surface area contributed by atoms with Crippen molar-refractivity contribution in [2.24, 2.45) is 17.1 Å². The fourth-order valence-electron chi connectivity index (χ4n) is 1.84. The van der Waals surface area contributed by atoms with Gasteiger partial charge < -0.3 is 15.9 Å². The number of hydrogen-bond donors (Lipinski definition) is 3. The van der Waals surface area contributed by atoms with Crippen LogP contribution in [0.15, 0.2) is 24.3 Å². The average Bonchev–Trinajstić information content (AvgIpc) is 2.28. The van der Waals surface area contributed by atoms with Crippen molar-refractivity contribution in [3.8, 4) is 5.75 Å². The number of nitrogens with two attached hydrogens (primary N) is 1. The predicted octanol–water partition coefficient (Wildman–Crippen LogP) is 1.53. The van der Waals surface area contributed by atoms with Crippen LogP contribution < -0.4 is 5.73 Å². The maximum atomic E-state index is 9.53. The highest BCUT2D eigenvalue weighted by atomic mass is 16.3. The molecule has 0 amide bonds. The van der Waals surface area contributed by atoms with E-state index in [-0.39, 0.29) is 17.8 Å². The molecule has 0 aliphatic rings. The van der Waals surface area contributed by atoms with Gasteiger partial charge in [0.05, 0.1) is 6.61 Å². The van der Waals surface area contributed by atoms with Crippen molar-refractivity contribution in [2.75, 3.05) is 13.2 Å². The minimum Gasteiger partial charge on any atom is -0.508 e. The summed E-state index contributed by atoms with van der Waals surface area (Å²) in [4.78, 5) is 0. The van der Waals surface area contributed by atoms with Crippen molar-refractivity contribution in [1.82, 2.24) is 0 Å². The van der Waals surface area contributed by atoms with E-state index < -0.39 is 0 Å². The third kappa shape index (κ3) is 2.74. The Labute approximate surface area is 96.9 Å². The number of rotatable bonds is 5. The van der Waals surface area contributed by atoms with E-state index in [1.165, 1.54) is 0 Å². The zero-order valence-electron chi connectivity index (χ0n) is 9.98. The molecule has 0 radical (unpaired) electrons. The third-order valence-corrected chi connectivity index (χ3v) is 3.44. The molecule has 0 saturated heterocycles. The first kappa shape index (κ1) is 13.0. The van der Waals surface area contributed by atoms with E-state index in [9.17, 15) is 10.2 Å². The SMILES string of the molecule is CC(C)C(CN)(CO)Cc1ccc(O)cc1. The molecule has 0 aliphatic carbocycles. The second-order valence-corrected chi connectivity index (χ2v) is 4.72. The molecule has 1 atom stereocenters. The van der Waals surface area contributed by atoms with Gasteiger partial charge in [0.2, 0.25) is 0 Å². The van der Waals surface area contributed by atoms with Gasteiger partial charge in [-0.1, -0.05) is 26.0 Å². The summed E-state index contributed by atoms with van der Waals surface area (Å²) in [5.74, 6) is 0.576. The maximum Gasteiger partial charge on any atom is 0.115 e. The summed E-state index contributed by atoms with van der Waals surface area (Å²) in [5, 5.41) is 18.7. The summed E-state index contributed by atoms with van der Waals surface area (Å²) in [5.41, 5.74) is 6.61. The molecule has 0 aromatic heterocycles. The molecule has 0 aliphatic heterocycles. The highest BCUT2D eigenvalue weighted by molar-refractivity contribution is 5.26. The minimum absolute atomic E-state index is 0.0854. The summed E-state index contributed by atoms with van der Waals surface area (Å²) >= 11 is 0. The highest BCUT2D eigenvalue weighted by Crippen LogP contribution is 2.30. The second-order valence-electron chi connectivity index (χ2n) is 4.72. The Balaban J connectivity index is 2.87. The third-order valence-electron chi connectivity index (χ3n) is 3.44. The quantitative estimate of drug-likeness (QED) is 0.709. The summed E-state index contributed by atoms with van der Waals surface area (Å²) < 4.78 is 0. The van der Waals surface area contributed by atoms with Gasteiger partial charge in [0, 0.05) is 12.0 Å². The van der Waals surface area contributed by atoms with Gasteiger partial charge in [-0.2, -0.15) is 0 Å². The molecule has 0 fully saturated rings. The van der Waals surface area contributed by atoms with Crippen molar-refractivity contribution in [2.45, 2.75) is 20.3 Å². The van der Waals surface area contributed by atoms with Crippen LogP contribution in [0.1, 0.15) is 19.4 Å². The van der Waals surface area contributed by atoms with E-state index >= 15 is 0 Å². The van der Waals surface area contributed by atoms with Gasteiger partial charge in [-0.05, 0) is 30.0 Å². The van der Waals surface area contributed by atoms with Gasteiger partial charge in [0.25, 0.3) is 0 Å². The molecule has 0 heterocycles. The molecule has 0 spiro atoms. The maximum absolute atomic E-state index is 9.53. The molecule has 0 saturated carbocycles. The van der Waals surface area contributed by atoms with Crippen molar-refractivity contribution in [3.05, 3.63) is 29.8 Å². The highest BCUT2D eigenvalue weighted by Gasteiger charge is 2.31. The first-order valence-electron chi connectivity index (χ1n) is 5.63.